The van der Waals surface area contributed by atoms with Crippen molar-refractivity contribution < 1.29 is 14.3 Å². The normalized spacial score (nSPS) is 17.8. The van der Waals surface area contributed by atoms with Crippen LogP contribution in [0.3, 0.4) is 0 Å². The van der Waals surface area contributed by atoms with E-state index < -0.39 is 11.7 Å². The van der Waals surface area contributed by atoms with Gasteiger partial charge in [-0.2, -0.15) is 10.2 Å². The second kappa shape index (κ2) is 10.2. The molecule has 4 aromatic rings. The van der Waals surface area contributed by atoms with Crippen LogP contribution in [0.2, 0.25) is 0 Å². The third kappa shape index (κ3) is 5.50. The van der Waals surface area contributed by atoms with Crippen molar-refractivity contribution >= 4 is 22.8 Å². The average Bonchev–Trinajstić information content (AvgIpc) is 3.49. The van der Waals surface area contributed by atoms with Crippen LogP contribution in [-0.2, 0) is 18.8 Å². The molecule has 4 heterocycles. The Morgan fingerprint density at radius 2 is 1.85 bits per heavy atom. The first-order valence-electron chi connectivity index (χ1n) is 13.0. The molecule has 39 heavy (non-hydrogen) atoms. The molecule has 5 rings (SSSR count). The van der Waals surface area contributed by atoms with Crippen LogP contribution in [0.5, 0.6) is 6.01 Å². The molecule has 0 N–H and O–H groups in total. The van der Waals surface area contributed by atoms with Crippen LogP contribution < -0.4 is 15.2 Å². The van der Waals surface area contributed by atoms with E-state index in [1.807, 2.05) is 44.8 Å². The minimum absolute atomic E-state index is 0.0445. The van der Waals surface area contributed by atoms with Gasteiger partial charge in [0.25, 0.3) is 11.6 Å². The van der Waals surface area contributed by atoms with E-state index in [1.165, 1.54) is 21.7 Å². The first-order chi connectivity index (χ1) is 18.5. The number of ether oxygens (including phenoxy) is 2. The molecule has 1 aliphatic rings. The zero-order chi connectivity index (χ0) is 27.9. The number of rotatable bonds is 5. The number of carbonyl (C=O) groups is 1. The van der Waals surface area contributed by atoms with Crippen LogP contribution >= 0.6 is 0 Å². The summed E-state index contributed by atoms with van der Waals surface area (Å²) in [5, 5.41) is 10.2. The molecule has 1 fully saturated rings. The van der Waals surface area contributed by atoms with Gasteiger partial charge in [-0.1, -0.05) is 0 Å². The van der Waals surface area contributed by atoms with Gasteiger partial charge in [-0.3, -0.25) is 23.6 Å². The third-order valence-electron chi connectivity index (χ3n) is 6.85. The van der Waals surface area contributed by atoms with Crippen LogP contribution in [0, 0.1) is 0 Å². The maximum atomic E-state index is 12.7. The zero-order valence-electron chi connectivity index (χ0n) is 23.2. The number of hydrogen-bond donors (Lipinski definition) is 0. The van der Waals surface area contributed by atoms with Gasteiger partial charge in [0.15, 0.2) is 0 Å². The van der Waals surface area contributed by atoms with E-state index in [9.17, 15) is 9.59 Å². The second-order valence-electron chi connectivity index (χ2n) is 11.0. The number of carbonyl (C=O) groups excluding carboxylic acids is 1. The average molecular weight is 535 g/mol. The van der Waals surface area contributed by atoms with E-state index in [-0.39, 0.29) is 17.7 Å². The summed E-state index contributed by atoms with van der Waals surface area (Å²) in [4.78, 5) is 34.9. The molecule has 1 aliphatic carbocycles. The summed E-state index contributed by atoms with van der Waals surface area (Å²) in [6.07, 6.45) is 9.65. The van der Waals surface area contributed by atoms with E-state index in [4.69, 9.17) is 14.6 Å². The Hall–Kier alpha value is -4.22. The quantitative estimate of drug-likeness (QED) is 0.378. The van der Waals surface area contributed by atoms with Gasteiger partial charge in [-0.25, -0.2) is 14.8 Å². The molecular weight excluding hydrogens is 500 g/mol. The highest BCUT2D eigenvalue weighted by Gasteiger charge is 2.29. The van der Waals surface area contributed by atoms with Crippen molar-refractivity contribution in [2.75, 3.05) is 11.9 Å². The molecule has 0 bridgehead atoms. The highest BCUT2D eigenvalue weighted by molar-refractivity contribution is 5.95. The van der Waals surface area contributed by atoms with Crippen LogP contribution in [0.25, 0.3) is 22.2 Å². The van der Waals surface area contributed by atoms with Crippen LogP contribution in [0.1, 0.15) is 52.5 Å². The number of fused-ring (bicyclic) bond motifs is 1. The number of hydrogen-bond acceptors (Lipinski definition) is 8. The number of nitrogens with zero attached hydrogens (tertiary/aromatic N) is 8. The molecule has 0 aromatic carbocycles. The van der Waals surface area contributed by atoms with Gasteiger partial charge in [0.2, 0.25) is 0 Å². The summed E-state index contributed by atoms with van der Waals surface area (Å²) in [6.45, 7) is 5.49. The van der Waals surface area contributed by atoms with E-state index >= 15 is 0 Å². The van der Waals surface area contributed by atoms with Crippen molar-refractivity contribution in [2.45, 2.75) is 64.2 Å². The highest BCUT2D eigenvalue weighted by atomic mass is 16.6. The van der Waals surface area contributed by atoms with E-state index in [1.54, 1.807) is 31.2 Å². The minimum atomic E-state index is -0.618. The van der Waals surface area contributed by atoms with E-state index in [2.05, 4.69) is 15.1 Å². The molecule has 4 aromatic heterocycles. The van der Waals surface area contributed by atoms with Crippen LogP contribution in [0.15, 0.2) is 41.7 Å². The summed E-state index contributed by atoms with van der Waals surface area (Å²) in [5.41, 5.74) is 1.79. The Morgan fingerprint density at radius 3 is 2.51 bits per heavy atom. The Morgan fingerprint density at radius 1 is 1.10 bits per heavy atom. The fourth-order valence-corrected chi connectivity index (χ4v) is 4.79. The summed E-state index contributed by atoms with van der Waals surface area (Å²) in [6, 6.07) is 3.75. The molecule has 0 saturated heterocycles. The maximum Gasteiger partial charge on any atom is 0.415 e. The minimum Gasteiger partial charge on any atom is -0.461 e. The van der Waals surface area contributed by atoms with Gasteiger partial charge >= 0.3 is 6.09 Å². The molecule has 0 spiro atoms. The van der Waals surface area contributed by atoms with Crippen LogP contribution in [0.4, 0.5) is 10.6 Å². The second-order valence-corrected chi connectivity index (χ2v) is 11.0. The molecule has 0 radical (unpaired) electrons. The lowest BCUT2D eigenvalue weighted by Gasteiger charge is -2.29. The van der Waals surface area contributed by atoms with Gasteiger partial charge in [0.1, 0.15) is 23.2 Å². The van der Waals surface area contributed by atoms with Crippen molar-refractivity contribution in [3.8, 4) is 17.3 Å². The largest absolute Gasteiger partial charge is 0.461 e. The fourth-order valence-electron chi connectivity index (χ4n) is 4.79. The lowest BCUT2D eigenvalue weighted by molar-refractivity contribution is 0.0588. The lowest BCUT2D eigenvalue weighted by atomic mass is 9.93. The van der Waals surface area contributed by atoms with Crippen molar-refractivity contribution in [3.05, 3.63) is 47.3 Å². The summed E-state index contributed by atoms with van der Waals surface area (Å²) in [7, 11) is 5.18. The number of amides is 1. The predicted octanol–water partition coefficient (Wildman–Crippen LogP) is 3.86. The predicted molar refractivity (Wildman–Crippen MR) is 146 cm³/mol. The smallest absolute Gasteiger partial charge is 0.415 e. The first kappa shape index (κ1) is 26.4. The lowest BCUT2D eigenvalue weighted by Crippen LogP contribution is -2.34. The van der Waals surface area contributed by atoms with Gasteiger partial charge in [-0.15, -0.1) is 0 Å². The van der Waals surface area contributed by atoms with E-state index in [0.717, 1.165) is 47.8 Å². The molecule has 12 nitrogen and oxygen atoms in total. The molecule has 206 valence electrons. The van der Waals surface area contributed by atoms with Crippen molar-refractivity contribution in [3.63, 3.8) is 0 Å². The molecule has 0 aliphatic heterocycles. The molecule has 0 unspecified atom stereocenters. The van der Waals surface area contributed by atoms with Crippen molar-refractivity contribution in [2.24, 2.45) is 14.1 Å². The molecule has 1 amide bonds. The molecular formula is C27H34N8O4. The zero-order valence-corrected chi connectivity index (χ0v) is 23.2. The molecule has 0 atom stereocenters. The number of aromatic nitrogens is 7. The fraction of sp³-hybridized carbons (Fsp3) is 0.481. The Balaban J connectivity index is 1.44. The molecule has 1 saturated carbocycles. The number of pyridine rings is 1. The number of aryl methyl sites for hydroxylation is 1. The summed E-state index contributed by atoms with van der Waals surface area (Å²) < 4.78 is 16.8. The summed E-state index contributed by atoms with van der Waals surface area (Å²) >= 11 is 0. The van der Waals surface area contributed by atoms with Crippen molar-refractivity contribution in [1.82, 2.24) is 34.1 Å². The monoisotopic (exact) mass is 534 g/mol. The molecule has 12 heteroatoms. The van der Waals surface area contributed by atoms with Gasteiger partial charge in [-0.05, 0) is 46.5 Å². The SMILES string of the molecule is CN(C(=O)OC(C)(C)C)c1cc2c(cn1)c(-c1cnn(C)c1)nn2C1CCC(Oc2nccc(=O)n2C)CC1. The van der Waals surface area contributed by atoms with Gasteiger partial charge < -0.3 is 9.47 Å². The summed E-state index contributed by atoms with van der Waals surface area (Å²) in [5.74, 6) is 0.476. The highest BCUT2D eigenvalue weighted by Crippen LogP contribution is 2.36. The standard InChI is InChI=1S/C27H34N8O4/c1-27(2,3)39-26(37)33(5)22-13-21-20(15-29-22)24(17-14-30-32(4)16-17)31-35(21)18-7-9-19(10-8-18)38-25-28-12-11-23(36)34(25)6/h11-16,18-19H,7-10H2,1-6H3. The van der Waals surface area contributed by atoms with Gasteiger partial charge in [0, 0.05) is 62.8 Å². The Labute approximate surface area is 226 Å². The third-order valence-corrected chi connectivity index (χ3v) is 6.85. The number of anilines is 1. The first-order valence-corrected chi connectivity index (χ1v) is 13.0. The van der Waals surface area contributed by atoms with E-state index in [0.29, 0.717) is 11.8 Å². The van der Waals surface area contributed by atoms with Gasteiger partial charge in [0.05, 0.1) is 17.8 Å². The Bertz CT molecular complexity index is 1560. The van der Waals surface area contributed by atoms with Crippen LogP contribution in [-0.4, -0.2) is 58.9 Å². The maximum absolute atomic E-state index is 12.7. The Kier molecular flexibility index (Phi) is 6.87. The van der Waals surface area contributed by atoms with Crippen molar-refractivity contribution in [1.29, 1.82) is 0 Å². The topological polar surface area (TPSA) is 122 Å².